The third-order valence-electron chi connectivity index (χ3n) is 8.94. The molecular weight excluding hydrogens is 572 g/mol. The predicted octanol–water partition coefficient (Wildman–Crippen LogP) is 0.731. The highest BCUT2D eigenvalue weighted by Crippen LogP contribution is 2.54. The molecule has 9 N–H and O–H groups in total. The largest absolute Gasteiger partial charge is 0.508 e. The normalized spacial score (nSPS) is 24.7. The molecule has 2 aromatic rings. The van der Waals surface area contributed by atoms with E-state index in [-0.39, 0.29) is 54.3 Å². The minimum absolute atomic E-state index is 0.00216. The van der Waals surface area contributed by atoms with Crippen LogP contribution in [0, 0.1) is 11.8 Å². The van der Waals surface area contributed by atoms with Crippen LogP contribution in [0.5, 0.6) is 17.2 Å². The van der Waals surface area contributed by atoms with Crippen molar-refractivity contribution in [2.24, 2.45) is 17.6 Å². The summed E-state index contributed by atoms with van der Waals surface area (Å²) in [7, 11) is 6.69. The Morgan fingerprint density at radius 2 is 1.70 bits per heavy atom. The van der Waals surface area contributed by atoms with Crippen molar-refractivity contribution in [1.29, 1.82) is 0 Å². The van der Waals surface area contributed by atoms with Crippen LogP contribution in [0.1, 0.15) is 28.7 Å². The highest BCUT2D eigenvalue weighted by atomic mass is 16.3. The third-order valence-corrected chi connectivity index (χ3v) is 8.94. The number of rotatable bonds is 7. The number of hydrogen-bond acceptors (Lipinski definition) is 12. The molecule has 2 aromatic carbocycles. The van der Waals surface area contributed by atoms with E-state index in [4.69, 9.17) is 5.73 Å². The third kappa shape index (κ3) is 4.55. The summed E-state index contributed by atoms with van der Waals surface area (Å²) in [6.07, 6.45) is 0.179. The molecule has 1 fully saturated rings. The van der Waals surface area contributed by atoms with Gasteiger partial charge in [0.2, 0.25) is 5.78 Å². The molecule has 0 saturated heterocycles. The van der Waals surface area contributed by atoms with Gasteiger partial charge in [0.25, 0.3) is 5.91 Å². The SMILES string of the molecule is CN(C)c1cc(CNCc2ccc(O)c(O)c2)c(O)c2c1C[C@H]1C[C@H]3[C@@H](N(C)C)C(=O)C(C(N)=O)=C(O)[C@@]3(O)C(=O)C1=C2O. The number of phenols is 3. The number of aromatic hydroxyl groups is 3. The van der Waals surface area contributed by atoms with E-state index in [1.165, 1.54) is 17.0 Å². The second kappa shape index (κ2) is 10.8. The van der Waals surface area contributed by atoms with E-state index < -0.39 is 58.0 Å². The minimum atomic E-state index is -2.71. The first-order valence-electron chi connectivity index (χ1n) is 14.0. The van der Waals surface area contributed by atoms with Crippen LogP contribution in [-0.2, 0) is 33.9 Å². The number of carbonyl (C=O) groups excluding carboxylic acids is 3. The van der Waals surface area contributed by atoms with Crippen molar-refractivity contribution in [3.63, 3.8) is 0 Å². The van der Waals surface area contributed by atoms with Crippen LogP contribution >= 0.6 is 0 Å². The lowest BCUT2D eigenvalue weighted by Crippen LogP contribution is -2.65. The zero-order valence-electron chi connectivity index (χ0n) is 24.7. The van der Waals surface area contributed by atoms with Crippen LogP contribution in [-0.4, -0.2) is 92.8 Å². The van der Waals surface area contributed by atoms with Crippen molar-refractivity contribution in [1.82, 2.24) is 10.2 Å². The molecule has 234 valence electrons. The van der Waals surface area contributed by atoms with Crippen molar-refractivity contribution >= 4 is 28.9 Å². The standard InChI is InChI=1S/C31H36N4O9/c1-34(2)18-10-15(12-33-11-13-5-6-19(36)20(37)7-13)25(38)22-16(18)8-14-9-17-24(35(3)4)27(40)23(30(32)43)29(42)31(17,44)28(41)21(14)26(22)39/h5-7,10,14,17,24,33,36-39,42,44H,8-9,11-12H2,1-4H3,(H2,32,43)/t14-,17-,24+,31-/m0/s1. The summed E-state index contributed by atoms with van der Waals surface area (Å²) in [4.78, 5) is 42.8. The number of amides is 1. The van der Waals surface area contributed by atoms with Gasteiger partial charge in [-0.1, -0.05) is 6.07 Å². The van der Waals surface area contributed by atoms with Crippen LogP contribution in [0.3, 0.4) is 0 Å². The summed E-state index contributed by atoms with van der Waals surface area (Å²) in [5.74, 6) is -7.51. The highest BCUT2D eigenvalue weighted by molar-refractivity contribution is 6.24. The fourth-order valence-corrected chi connectivity index (χ4v) is 6.90. The molecule has 0 aromatic heterocycles. The number of benzene rings is 2. The van der Waals surface area contributed by atoms with Crippen LogP contribution in [0.25, 0.3) is 5.76 Å². The quantitative estimate of drug-likeness (QED) is 0.161. The maximum atomic E-state index is 14.1. The number of likely N-dealkylation sites (N-methyl/N-ethyl adjacent to an activating group) is 1. The van der Waals surface area contributed by atoms with E-state index in [0.29, 0.717) is 22.4 Å². The molecule has 0 unspecified atom stereocenters. The lowest BCUT2D eigenvalue weighted by molar-refractivity contribution is -0.153. The van der Waals surface area contributed by atoms with E-state index in [9.17, 15) is 45.0 Å². The Bertz CT molecular complexity index is 1660. The Labute approximate surface area is 253 Å². The molecule has 1 saturated carbocycles. The molecule has 3 aliphatic carbocycles. The zero-order chi connectivity index (χ0) is 32.4. The summed E-state index contributed by atoms with van der Waals surface area (Å²) in [5.41, 5.74) is 3.88. The molecule has 13 heteroatoms. The lowest BCUT2D eigenvalue weighted by atomic mass is 9.57. The summed E-state index contributed by atoms with van der Waals surface area (Å²) < 4.78 is 0. The van der Waals surface area contributed by atoms with Gasteiger partial charge < -0.3 is 46.6 Å². The Hall–Kier alpha value is -4.59. The smallest absolute Gasteiger partial charge is 0.255 e. The zero-order valence-corrected chi connectivity index (χ0v) is 24.7. The van der Waals surface area contributed by atoms with Crippen LogP contribution < -0.4 is 16.0 Å². The molecular formula is C31H36N4O9. The fraction of sp³-hybridized carbons (Fsp3) is 0.387. The molecule has 5 rings (SSSR count). The summed E-state index contributed by atoms with van der Waals surface area (Å²) in [5, 5.41) is 68.3. The molecule has 0 spiro atoms. The maximum Gasteiger partial charge on any atom is 0.255 e. The molecule has 13 nitrogen and oxygen atoms in total. The van der Waals surface area contributed by atoms with Gasteiger partial charge in [-0.2, -0.15) is 0 Å². The first-order valence-corrected chi connectivity index (χ1v) is 14.0. The van der Waals surface area contributed by atoms with E-state index in [2.05, 4.69) is 5.32 Å². The van der Waals surface area contributed by atoms with Crippen molar-refractivity contribution in [3.05, 3.63) is 63.4 Å². The van der Waals surface area contributed by atoms with Gasteiger partial charge in [0.15, 0.2) is 22.9 Å². The number of nitrogens with zero attached hydrogens (tertiary/aromatic N) is 2. The fourth-order valence-electron chi connectivity index (χ4n) is 6.90. The number of fused-ring (bicyclic) bond motifs is 3. The van der Waals surface area contributed by atoms with Gasteiger partial charge in [0.1, 0.15) is 22.8 Å². The van der Waals surface area contributed by atoms with Crippen molar-refractivity contribution < 1.29 is 45.0 Å². The summed E-state index contributed by atoms with van der Waals surface area (Å²) in [6.45, 7) is 0.384. The monoisotopic (exact) mass is 608 g/mol. The van der Waals surface area contributed by atoms with Crippen molar-refractivity contribution in [2.75, 3.05) is 33.1 Å². The lowest BCUT2D eigenvalue weighted by Gasteiger charge is -2.50. The first-order chi connectivity index (χ1) is 20.6. The average Bonchev–Trinajstić information content (AvgIpc) is 2.93. The van der Waals surface area contributed by atoms with Crippen LogP contribution in [0.15, 0.2) is 41.2 Å². The summed E-state index contributed by atoms with van der Waals surface area (Å²) in [6, 6.07) is 4.98. The average molecular weight is 609 g/mol. The van der Waals surface area contributed by atoms with E-state index in [1.54, 1.807) is 45.2 Å². The maximum absolute atomic E-state index is 14.1. The molecule has 0 bridgehead atoms. The number of hydrogen-bond donors (Lipinski definition) is 8. The van der Waals surface area contributed by atoms with E-state index in [1.807, 2.05) is 0 Å². The van der Waals surface area contributed by atoms with Crippen molar-refractivity contribution in [2.45, 2.75) is 37.6 Å². The Morgan fingerprint density at radius 3 is 2.30 bits per heavy atom. The number of ketones is 2. The number of aliphatic hydroxyl groups is 3. The molecule has 44 heavy (non-hydrogen) atoms. The number of Topliss-reactive ketones (excluding diaryl/α,β-unsaturated/α-hetero) is 2. The number of anilines is 1. The predicted molar refractivity (Wildman–Crippen MR) is 159 cm³/mol. The summed E-state index contributed by atoms with van der Waals surface area (Å²) >= 11 is 0. The number of carbonyl (C=O) groups is 3. The highest BCUT2D eigenvalue weighted by Gasteiger charge is 2.64. The number of nitrogens with one attached hydrogen (secondary N) is 1. The molecule has 0 aliphatic heterocycles. The number of primary amides is 1. The van der Waals surface area contributed by atoms with Crippen molar-refractivity contribution in [3.8, 4) is 17.2 Å². The second-order valence-corrected chi connectivity index (χ2v) is 12.0. The Morgan fingerprint density at radius 1 is 1.02 bits per heavy atom. The number of phenolic OH excluding ortho intramolecular Hbond substituents is 3. The van der Waals surface area contributed by atoms with Gasteiger partial charge in [-0.15, -0.1) is 0 Å². The molecule has 1 amide bonds. The Kier molecular flexibility index (Phi) is 7.60. The van der Waals surface area contributed by atoms with Gasteiger partial charge in [-0.25, -0.2) is 0 Å². The van der Waals surface area contributed by atoms with Gasteiger partial charge >= 0.3 is 0 Å². The molecule has 0 radical (unpaired) electrons. The molecule has 3 aliphatic rings. The van der Waals surface area contributed by atoms with Crippen LogP contribution in [0.2, 0.25) is 0 Å². The minimum Gasteiger partial charge on any atom is -0.508 e. The topological polar surface area (TPSA) is 217 Å². The van der Waals surface area contributed by atoms with Gasteiger partial charge in [0, 0.05) is 49.9 Å². The van der Waals surface area contributed by atoms with Gasteiger partial charge in [-0.05, 0) is 62.2 Å². The van der Waals surface area contributed by atoms with Crippen LogP contribution in [0.4, 0.5) is 5.69 Å². The first kappa shape index (κ1) is 30.9. The van der Waals surface area contributed by atoms with Gasteiger partial charge in [-0.3, -0.25) is 19.3 Å². The second-order valence-electron chi connectivity index (χ2n) is 12.0. The Balaban J connectivity index is 1.60. The van der Waals surface area contributed by atoms with E-state index >= 15 is 0 Å². The molecule has 0 heterocycles. The number of aliphatic hydroxyl groups excluding tert-OH is 2. The number of nitrogens with two attached hydrogens (primary N) is 1. The van der Waals surface area contributed by atoms with E-state index in [0.717, 1.165) is 0 Å². The van der Waals surface area contributed by atoms with Gasteiger partial charge in [0.05, 0.1) is 11.6 Å². The molecule has 4 atom stereocenters.